The summed E-state index contributed by atoms with van der Waals surface area (Å²) in [5.41, 5.74) is 12.4. The zero-order valence-corrected chi connectivity index (χ0v) is 11.1. The summed E-state index contributed by atoms with van der Waals surface area (Å²) in [6.07, 6.45) is 2.66. The number of benzene rings is 1. The molecule has 5 heteroatoms. The summed E-state index contributed by atoms with van der Waals surface area (Å²) in [7, 11) is 0. The third kappa shape index (κ3) is 1.59. The van der Waals surface area contributed by atoms with Gasteiger partial charge in [0.15, 0.2) is 0 Å². The van der Waals surface area contributed by atoms with Gasteiger partial charge in [0.05, 0.1) is 12.1 Å². The maximum absolute atomic E-state index is 11.5. The van der Waals surface area contributed by atoms with E-state index in [1.807, 2.05) is 6.07 Å². The summed E-state index contributed by atoms with van der Waals surface area (Å²) in [4.78, 5) is 11.5. The highest BCUT2D eigenvalue weighted by Crippen LogP contribution is 2.35. The monoisotopic (exact) mass is 268 g/mol. The minimum Gasteiger partial charge on any atom is -0.326 e. The van der Waals surface area contributed by atoms with Crippen LogP contribution in [0, 0.1) is 0 Å². The molecule has 20 heavy (non-hydrogen) atoms. The maximum atomic E-state index is 11.5. The second-order valence-corrected chi connectivity index (χ2v) is 5.40. The van der Waals surface area contributed by atoms with Crippen LogP contribution in [-0.2, 0) is 30.7 Å². The van der Waals surface area contributed by atoms with Crippen LogP contribution in [0.1, 0.15) is 23.4 Å². The highest BCUT2D eigenvalue weighted by molar-refractivity contribution is 5.99. The molecule has 0 radical (unpaired) electrons. The highest BCUT2D eigenvalue weighted by atomic mass is 16.1. The van der Waals surface area contributed by atoms with Crippen molar-refractivity contribution in [3.8, 4) is 11.1 Å². The second-order valence-electron chi connectivity index (χ2n) is 5.40. The first-order chi connectivity index (χ1) is 9.76. The van der Waals surface area contributed by atoms with Crippen molar-refractivity contribution in [3.63, 3.8) is 0 Å². The minimum atomic E-state index is 0.0661. The molecule has 5 nitrogen and oxygen atoms in total. The molecule has 1 amide bonds. The summed E-state index contributed by atoms with van der Waals surface area (Å²) in [6, 6.07) is 6.14. The molecule has 0 spiro atoms. The molecule has 0 unspecified atom stereocenters. The van der Waals surface area contributed by atoms with E-state index in [1.165, 1.54) is 11.3 Å². The molecule has 0 fully saturated rings. The van der Waals surface area contributed by atoms with Gasteiger partial charge in [0.2, 0.25) is 5.91 Å². The molecule has 0 bridgehead atoms. The predicted molar refractivity (Wildman–Crippen MR) is 76.2 cm³/mol. The Morgan fingerprint density at radius 3 is 3.15 bits per heavy atom. The van der Waals surface area contributed by atoms with E-state index in [-0.39, 0.29) is 5.91 Å². The predicted octanol–water partition coefficient (Wildman–Crippen LogP) is 1.45. The van der Waals surface area contributed by atoms with Gasteiger partial charge in [0.1, 0.15) is 0 Å². The summed E-state index contributed by atoms with van der Waals surface area (Å²) in [5, 5.41) is 7.47. The van der Waals surface area contributed by atoms with Gasteiger partial charge in [-0.1, -0.05) is 6.07 Å². The number of hydrogen-bond acceptors (Lipinski definition) is 3. The Labute approximate surface area is 116 Å². The van der Waals surface area contributed by atoms with E-state index in [0.717, 1.165) is 41.9 Å². The molecule has 1 aromatic carbocycles. The lowest BCUT2D eigenvalue weighted by Gasteiger charge is -2.06. The van der Waals surface area contributed by atoms with E-state index >= 15 is 0 Å². The van der Waals surface area contributed by atoms with Gasteiger partial charge >= 0.3 is 0 Å². The number of aryl methyl sites for hydroxylation is 1. The quantitative estimate of drug-likeness (QED) is 0.865. The van der Waals surface area contributed by atoms with Gasteiger partial charge in [-0.15, -0.1) is 0 Å². The van der Waals surface area contributed by atoms with Gasteiger partial charge in [0, 0.05) is 30.0 Å². The molecule has 0 saturated carbocycles. The lowest BCUT2D eigenvalue weighted by atomic mass is 9.98. The smallest absolute Gasteiger partial charge is 0.228 e. The fourth-order valence-corrected chi connectivity index (χ4v) is 3.25. The van der Waals surface area contributed by atoms with Crippen LogP contribution in [0.25, 0.3) is 11.1 Å². The van der Waals surface area contributed by atoms with Crippen LogP contribution in [0.2, 0.25) is 0 Å². The van der Waals surface area contributed by atoms with Crippen LogP contribution in [0.5, 0.6) is 0 Å². The fraction of sp³-hybridized carbons (Fsp3) is 0.333. The van der Waals surface area contributed by atoms with Crippen molar-refractivity contribution >= 4 is 11.6 Å². The van der Waals surface area contributed by atoms with Gasteiger partial charge in [-0.05, 0) is 36.1 Å². The van der Waals surface area contributed by atoms with Gasteiger partial charge in [-0.25, -0.2) is 0 Å². The average molecular weight is 268 g/mol. The summed E-state index contributed by atoms with van der Waals surface area (Å²) >= 11 is 0. The first kappa shape index (κ1) is 11.7. The Morgan fingerprint density at radius 1 is 1.40 bits per heavy atom. The molecule has 102 valence electrons. The van der Waals surface area contributed by atoms with Gasteiger partial charge in [-0.3, -0.25) is 9.48 Å². The number of anilines is 1. The SMILES string of the molecule is NCc1nn2c(c1-c1ccc3c(c1)CC(=O)N3)CCC2. The highest BCUT2D eigenvalue weighted by Gasteiger charge is 2.24. The normalized spacial score (nSPS) is 16.1. The molecule has 2 aliphatic rings. The number of aromatic nitrogens is 2. The van der Waals surface area contributed by atoms with Crippen molar-refractivity contribution in [2.24, 2.45) is 5.73 Å². The summed E-state index contributed by atoms with van der Waals surface area (Å²) in [6.45, 7) is 1.43. The molecular weight excluding hydrogens is 252 g/mol. The third-order valence-corrected chi connectivity index (χ3v) is 4.13. The molecule has 1 aromatic heterocycles. The number of rotatable bonds is 2. The Kier molecular flexibility index (Phi) is 2.44. The van der Waals surface area contributed by atoms with Gasteiger partial charge < -0.3 is 11.1 Å². The van der Waals surface area contributed by atoms with Crippen molar-refractivity contribution in [1.82, 2.24) is 9.78 Å². The second kappa shape index (κ2) is 4.18. The Bertz CT molecular complexity index is 717. The number of hydrogen-bond donors (Lipinski definition) is 2. The molecule has 2 aromatic rings. The lowest BCUT2D eigenvalue weighted by Crippen LogP contribution is -2.03. The van der Waals surface area contributed by atoms with Crippen molar-refractivity contribution < 1.29 is 4.79 Å². The largest absolute Gasteiger partial charge is 0.326 e. The number of carbonyl (C=O) groups is 1. The molecule has 0 saturated heterocycles. The molecular formula is C15H16N4O. The van der Waals surface area contributed by atoms with E-state index in [0.29, 0.717) is 13.0 Å². The number of amides is 1. The minimum absolute atomic E-state index is 0.0661. The average Bonchev–Trinajstić information content (AvgIpc) is 3.08. The van der Waals surface area contributed by atoms with Crippen molar-refractivity contribution in [3.05, 3.63) is 35.2 Å². The van der Waals surface area contributed by atoms with Crippen molar-refractivity contribution in [2.45, 2.75) is 32.4 Å². The first-order valence-electron chi connectivity index (χ1n) is 6.98. The van der Waals surface area contributed by atoms with E-state index in [2.05, 4.69) is 27.2 Å². The summed E-state index contributed by atoms with van der Waals surface area (Å²) in [5.74, 6) is 0.0661. The maximum Gasteiger partial charge on any atom is 0.228 e. The van der Waals surface area contributed by atoms with Crippen molar-refractivity contribution in [2.75, 3.05) is 5.32 Å². The van der Waals surface area contributed by atoms with E-state index in [4.69, 9.17) is 5.73 Å². The Morgan fingerprint density at radius 2 is 2.30 bits per heavy atom. The fourth-order valence-electron chi connectivity index (χ4n) is 3.25. The van der Waals surface area contributed by atoms with Crippen LogP contribution in [0.4, 0.5) is 5.69 Å². The molecule has 3 N–H and O–H groups in total. The molecule has 2 aliphatic heterocycles. The van der Waals surface area contributed by atoms with Crippen LogP contribution in [0.3, 0.4) is 0 Å². The Balaban J connectivity index is 1.86. The van der Waals surface area contributed by atoms with E-state index in [1.54, 1.807) is 0 Å². The van der Waals surface area contributed by atoms with E-state index in [9.17, 15) is 4.79 Å². The molecule has 4 rings (SSSR count). The van der Waals surface area contributed by atoms with Crippen LogP contribution >= 0.6 is 0 Å². The first-order valence-corrected chi connectivity index (χ1v) is 6.98. The van der Waals surface area contributed by atoms with Gasteiger partial charge in [-0.2, -0.15) is 5.10 Å². The number of nitrogens with one attached hydrogen (secondary N) is 1. The topological polar surface area (TPSA) is 72.9 Å². The molecule has 3 heterocycles. The van der Waals surface area contributed by atoms with Gasteiger partial charge in [0.25, 0.3) is 0 Å². The van der Waals surface area contributed by atoms with Crippen LogP contribution < -0.4 is 11.1 Å². The number of fused-ring (bicyclic) bond motifs is 2. The summed E-state index contributed by atoms with van der Waals surface area (Å²) < 4.78 is 2.08. The van der Waals surface area contributed by atoms with Crippen molar-refractivity contribution in [1.29, 1.82) is 0 Å². The molecule has 0 aliphatic carbocycles. The zero-order chi connectivity index (χ0) is 13.7. The van der Waals surface area contributed by atoms with Crippen LogP contribution in [0.15, 0.2) is 18.2 Å². The molecule has 0 atom stereocenters. The van der Waals surface area contributed by atoms with E-state index < -0.39 is 0 Å². The standard InChI is InChI=1S/C15H16N4O/c16-8-12-15(13-2-1-5-19(13)18-12)9-3-4-11-10(6-9)7-14(20)17-11/h3-4,6H,1-2,5,7-8,16H2,(H,17,20). The number of nitrogens with two attached hydrogens (primary N) is 1. The zero-order valence-electron chi connectivity index (χ0n) is 11.1. The number of nitrogens with zero attached hydrogens (tertiary/aromatic N) is 2. The van der Waals surface area contributed by atoms with Crippen LogP contribution in [-0.4, -0.2) is 15.7 Å². The Hall–Kier alpha value is -2.14. The third-order valence-electron chi connectivity index (χ3n) is 4.13. The number of carbonyl (C=O) groups excluding carboxylic acids is 1. The lowest BCUT2D eigenvalue weighted by molar-refractivity contribution is -0.115.